The summed E-state index contributed by atoms with van der Waals surface area (Å²) in [6.07, 6.45) is 0.531. The second-order valence-corrected chi connectivity index (χ2v) is 1.78. The fourth-order valence-corrected chi connectivity index (χ4v) is 0.381. The van der Waals surface area contributed by atoms with E-state index in [4.69, 9.17) is 15.7 Å². The van der Waals surface area contributed by atoms with Crippen molar-refractivity contribution >= 4 is 0 Å². The molecule has 0 amide bonds. The van der Waals surface area contributed by atoms with Gasteiger partial charge in [0.05, 0.1) is 6.07 Å². The Labute approximate surface area is 55.4 Å². The predicted octanol–water partition coefficient (Wildman–Crippen LogP) is 0.264. The van der Waals surface area contributed by atoms with Crippen molar-refractivity contribution in [1.29, 1.82) is 5.26 Å². The van der Waals surface area contributed by atoms with Crippen LogP contribution in [0.1, 0.15) is 13.3 Å². The molecule has 0 aliphatic rings. The summed E-state index contributed by atoms with van der Waals surface area (Å²) in [7, 11) is 0. The van der Waals surface area contributed by atoms with Crippen molar-refractivity contribution in [1.82, 2.24) is 0 Å². The summed E-state index contributed by atoms with van der Waals surface area (Å²) < 4.78 is 4.99. The molecule has 0 aliphatic heterocycles. The van der Waals surface area contributed by atoms with Crippen molar-refractivity contribution in [3.8, 4) is 6.07 Å². The third kappa shape index (κ3) is 5.28. The molecule has 0 fully saturated rings. The number of nitrogens with zero attached hydrogens (tertiary/aromatic N) is 1. The van der Waals surface area contributed by atoms with Gasteiger partial charge in [-0.15, -0.1) is 0 Å². The lowest BCUT2D eigenvalue weighted by Gasteiger charge is -2.02. The molecule has 2 N–H and O–H groups in total. The molecule has 9 heavy (non-hydrogen) atoms. The van der Waals surface area contributed by atoms with E-state index in [2.05, 4.69) is 0 Å². The van der Waals surface area contributed by atoms with Gasteiger partial charge in [-0.2, -0.15) is 5.26 Å². The van der Waals surface area contributed by atoms with Crippen LogP contribution in [0.25, 0.3) is 0 Å². The molecule has 3 nitrogen and oxygen atoms in total. The monoisotopic (exact) mass is 128 g/mol. The zero-order chi connectivity index (χ0) is 7.11. The van der Waals surface area contributed by atoms with Crippen LogP contribution in [0.2, 0.25) is 0 Å². The average Bonchev–Trinajstić information content (AvgIpc) is 1.89. The first-order valence-electron chi connectivity index (χ1n) is 3.02. The highest BCUT2D eigenvalue weighted by Gasteiger charge is 1.95. The Morgan fingerprint density at radius 3 is 2.89 bits per heavy atom. The topological polar surface area (TPSA) is 59.0 Å². The zero-order valence-electron chi connectivity index (χ0n) is 5.63. The molecule has 0 bridgehead atoms. The Morgan fingerprint density at radius 1 is 1.78 bits per heavy atom. The fraction of sp³-hybridized carbons (Fsp3) is 0.833. The Kier molecular flexibility index (Phi) is 5.18. The van der Waals surface area contributed by atoms with Gasteiger partial charge >= 0.3 is 0 Å². The number of ether oxygens (including phenoxy) is 1. The third-order valence-corrected chi connectivity index (χ3v) is 0.898. The van der Waals surface area contributed by atoms with Gasteiger partial charge in [0.1, 0.15) is 6.10 Å². The lowest BCUT2D eigenvalue weighted by Crippen LogP contribution is -2.09. The molecule has 0 aromatic heterocycles. The minimum atomic E-state index is -0.295. The lowest BCUT2D eigenvalue weighted by molar-refractivity contribution is 0.101. The van der Waals surface area contributed by atoms with Crippen LogP contribution >= 0.6 is 0 Å². The largest absolute Gasteiger partial charge is 0.364 e. The molecule has 0 spiro atoms. The molecule has 0 aromatic rings. The summed E-state index contributed by atoms with van der Waals surface area (Å²) in [5, 5.41) is 8.23. The van der Waals surface area contributed by atoms with Crippen LogP contribution in [-0.2, 0) is 4.74 Å². The van der Waals surface area contributed by atoms with Crippen LogP contribution in [-0.4, -0.2) is 19.3 Å². The summed E-state index contributed by atoms with van der Waals surface area (Å²) in [4.78, 5) is 0. The second-order valence-electron chi connectivity index (χ2n) is 1.78. The van der Waals surface area contributed by atoms with Gasteiger partial charge in [0, 0.05) is 6.61 Å². The van der Waals surface area contributed by atoms with Crippen LogP contribution in [0, 0.1) is 11.3 Å². The lowest BCUT2D eigenvalue weighted by atomic mass is 10.4. The Bertz CT molecular complexity index is 97.7. The molecule has 1 atom stereocenters. The highest BCUT2D eigenvalue weighted by Crippen LogP contribution is 1.87. The number of rotatable bonds is 4. The molecule has 1 unspecified atom stereocenters. The summed E-state index contributed by atoms with van der Waals surface area (Å²) in [5.74, 6) is 0. The van der Waals surface area contributed by atoms with Crippen LogP contribution in [0.3, 0.4) is 0 Å². The van der Waals surface area contributed by atoms with Crippen molar-refractivity contribution in [2.75, 3.05) is 13.2 Å². The van der Waals surface area contributed by atoms with Crippen LogP contribution in [0.4, 0.5) is 0 Å². The molecular formula is C6H12N2O. The molecule has 0 saturated heterocycles. The molecule has 0 aromatic carbocycles. The van der Waals surface area contributed by atoms with E-state index in [9.17, 15) is 0 Å². The van der Waals surface area contributed by atoms with E-state index in [0.29, 0.717) is 13.2 Å². The first kappa shape index (κ1) is 8.41. The maximum atomic E-state index is 8.23. The van der Waals surface area contributed by atoms with Gasteiger partial charge in [-0.1, -0.05) is 0 Å². The van der Waals surface area contributed by atoms with E-state index >= 15 is 0 Å². The highest BCUT2D eigenvalue weighted by molar-refractivity contribution is 4.78. The van der Waals surface area contributed by atoms with Crippen molar-refractivity contribution < 1.29 is 4.74 Å². The van der Waals surface area contributed by atoms with E-state index in [0.717, 1.165) is 6.42 Å². The average molecular weight is 128 g/mol. The van der Waals surface area contributed by atoms with Gasteiger partial charge in [-0.25, -0.2) is 0 Å². The second kappa shape index (κ2) is 5.54. The molecule has 0 saturated carbocycles. The summed E-state index contributed by atoms with van der Waals surface area (Å²) in [6.45, 7) is 2.93. The summed E-state index contributed by atoms with van der Waals surface area (Å²) in [6, 6.07) is 1.96. The Balaban J connectivity index is 2.99. The van der Waals surface area contributed by atoms with E-state index in [1.54, 1.807) is 6.92 Å². The minimum Gasteiger partial charge on any atom is -0.364 e. The van der Waals surface area contributed by atoms with Crippen LogP contribution in [0.5, 0.6) is 0 Å². The normalized spacial score (nSPS) is 12.6. The van der Waals surface area contributed by atoms with Gasteiger partial charge in [0.15, 0.2) is 0 Å². The Morgan fingerprint density at radius 2 is 2.44 bits per heavy atom. The van der Waals surface area contributed by atoms with E-state index in [1.807, 2.05) is 6.07 Å². The maximum absolute atomic E-state index is 8.23. The first-order valence-corrected chi connectivity index (χ1v) is 3.02. The number of nitrogens with two attached hydrogens (primary N) is 1. The van der Waals surface area contributed by atoms with Gasteiger partial charge in [-0.05, 0) is 19.9 Å². The summed E-state index contributed by atoms with van der Waals surface area (Å²) >= 11 is 0. The van der Waals surface area contributed by atoms with Gasteiger partial charge in [0.25, 0.3) is 0 Å². The fourth-order valence-electron chi connectivity index (χ4n) is 0.381. The van der Waals surface area contributed by atoms with Gasteiger partial charge in [0.2, 0.25) is 0 Å². The van der Waals surface area contributed by atoms with E-state index < -0.39 is 0 Å². The molecule has 0 radical (unpaired) electrons. The quantitative estimate of drug-likeness (QED) is 0.552. The standard InChI is InChI=1S/C6H12N2O/c1-6(5-8)9-4-2-3-7/h6H,2-4,7H2,1H3. The smallest absolute Gasteiger partial charge is 0.141 e. The predicted molar refractivity (Wildman–Crippen MR) is 34.7 cm³/mol. The molecule has 0 aliphatic carbocycles. The van der Waals surface area contributed by atoms with Crippen molar-refractivity contribution in [2.45, 2.75) is 19.4 Å². The zero-order valence-corrected chi connectivity index (χ0v) is 5.63. The Hall–Kier alpha value is -0.590. The number of hydrogen-bond donors (Lipinski definition) is 1. The SMILES string of the molecule is CC(C#N)OCCCN. The van der Waals surface area contributed by atoms with Gasteiger partial charge in [-0.3, -0.25) is 0 Å². The molecular weight excluding hydrogens is 116 g/mol. The molecule has 0 rings (SSSR count). The van der Waals surface area contributed by atoms with Crippen LogP contribution < -0.4 is 5.73 Å². The first-order chi connectivity index (χ1) is 4.31. The number of nitriles is 1. The van der Waals surface area contributed by atoms with Crippen molar-refractivity contribution in [3.63, 3.8) is 0 Å². The van der Waals surface area contributed by atoms with Crippen molar-refractivity contribution in [2.24, 2.45) is 5.73 Å². The van der Waals surface area contributed by atoms with Gasteiger partial charge < -0.3 is 10.5 Å². The minimum absolute atomic E-state index is 0.295. The van der Waals surface area contributed by atoms with Crippen LogP contribution in [0.15, 0.2) is 0 Å². The third-order valence-electron chi connectivity index (χ3n) is 0.898. The molecule has 3 heteroatoms. The van der Waals surface area contributed by atoms with E-state index in [1.165, 1.54) is 0 Å². The molecule has 0 heterocycles. The summed E-state index contributed by atoms with van der Waals surface area (Å²) in [5.41, 5.74) is 5.19. The number of hydrogen-bond acceptors (Lipinski definition) is 3. The molecule has 52 valence electrons. The van der Waals surface area contributed by atoms with Crippen molar-refractivity contribution in [3.05, 3.63) is 0 Å². The highest BCUT2D eigenvalue weighted by atomic mass is 16.5. The maximum Gasteiger partial charge on any atom is 0.141 e. The van der Waals surface area contributed by atoms with E-state index in [-0.39, 0.29) is 6.10 Å².